The number of amidine groups is 1. The Morgan fingerprint density at radius 2 is 2.21 bits per heavy atom. The predicted molar refractivity (Wildman–Crippen MR) is 58.9 cm³/mol. The summed E-state index contributed by atoms with van der Waals surface area (Å²) in [5.41, 5.74) is 0. The van der Waals surface area contributed by atoms with Crippen molar-refractivity contribution in [3.63, 3.8) is 0 Å². The summed E-state index contributed by atoms with van der Waals surface area (Å²) in [6, 6.07) is 0. The SMILES string of the molecule is CCCCC[N+]12C=CC=CC1=NC=N2. The third kappa shape index (κ3) is 1.55. The molecule has 0 amide bonds. The van der Waals surface area contributed by atoms with Gasteiger partial charge >= 0.3 is 0 Å². The third-order valence-corrected chi connectivity index (χ3v) is 2.64. The van der Waals surface area contributed by atoms with Gasteiger partial charge in [0.1, 0.15) is 12.7 Å². The summed E-state index contributed by atoms with van der Waals surface area (Å²) >= 11 is 0. The van der Waals surface area contributed by atoms with Crippen molar-refractivity contribution in [1.29, 1.82) is 0 Å². The van der Waals surface area contributed by atoms with Gasteiger partial charge < -0.3 is 0 Å². The lowest BCUT2D eigenvalue weighted by Crippen LogP contribution is -2.41. The molecule has 0 N–H and O–H groups in total. The number of allylic oxidation sites excluding steroid dienone is 2. The Bertz CT molecular complexity index is 325. The van der Waals surface area contributed by atoms with Crippen molar-refractivity contribution in [3.8, 4) is 0 Å². The summed E-state index contributed by atoms with van der Waals surface area (Å²) in [4.78, 5) is 4.27. The number of nitrogens with zero attached hydrogens (tertiary/aromatic N) is 3. The second-order valence-corrected chi connectivity index (χ2v) is 3.68. The first-order chi connectivity index (χ1) is 6.87. The zero-order valence-corrected chi connectivity index (χ0v) is 8.56. The molecule has 1 unspecified atom stereocenters. The maximum Gasteiger partial charge on any atom is 0.260 e. The molecule has 14 heavy (non-hydrogen) atoms. The maximum absolute atomic E-state index is 4.43. The van der Waals surface area contributed by atoms with Crippen LogP contribution in [0, 0.1) is 0 Å². The van der Waals surface area contributed by atoms with Gasteiger partial charge in [-0.15, -0.1) is 4.59 Å². The molecular formula is C11H16N3+. The van der Waals surface area contributed by atoms with Gasteiger partial charge in [0.05, 0.1) is 0 Å². The molecule has 2 rings (SSSR count). The molecular weight excluding hydrogens is 174 g/mol. The van der Waals surface area contributed by atoms with Crippen molar-refractivity contribution in [3.05, 3.63) is 24.4 Å². The Morgan fingerprint density at radius 1 is 1.29 bits per heavy atom. The van der Waals surface area contributed by atoms with Gasteiger partial charge in [-0.1, -0.05) is 18.4 Å². The third-order valence-electron chi connectivity index (χ3n) is 2.64. The van der Waals surface area contributed by atoms with Gasteiger partial charge in [0.2, 0.25) is 0 Å². The van der Waals surface area contributed by atoms with Crippen LogP contribution in [0.5, 0.6) is 0 Å². The monoisotopic (exact) mass is 190 g/mol. The van der Waals surface area contributed by atoms with Crippen LogP contribution in [0.2, 0.25) is 0 Å². The molecule has 2 heterocycles. The molecule has 0 fully saturated rings. The Balaban J connectivity index is 2.07. The quantitative estimate of drug-likeness (QED) is 0.480. The van der Waals surface area contributed by atoms with Crippen molar-refractivity contribution < 1.29 is 4.59 Å². The van der Waals surface area contributed by atoms with Crippen molar-refractivity contribution in [2.45, 2.75) is 26.2 Å². The number of fused-ring (bicyclic) bond motifs is 1. The molecule has 0 saturated carbocycles. The van der Waals surface area contributed by atoms with E-state index in [1.807, 2.05) is 18.2 Å². The lowest BCUT2D eigenvalue weighted by Gasteiger charge is -2.24. The molecule has 0 aromatic carbocycles. The second kappa shape index (κ2) is 3.88. The van der Waals surface area contributed by atoms with Gasteiger partial charge in [-0.05, 0) is 25.0 Å². The fraction of sp³-hybridized carbons (Fsp3) is 0.455. The van der Waals surface area contributed by atoms with E-state index in [0.717, 1.165) is 12.4 Å². The smallest absolute Gasteiger partial charge is 0.177 e. The summed E-state index contributed by atoms with van der Waals surface area (Å²) in [5, 5.41) is 4.43. The second-order valence-electron chi connectivity index (χ2n) is 3.68. The van der Waals surface area contributed by atoms with Crippen LogP contribution >= 0.6 is 0 Å². The van der Waals surface area contributed by atoms with Crippen LogP contribution in [-0.4, -0.2) is 23.3 Å². The summed E-state index contributed by atoms with van der Waals surface area (Å²) in [6.07, 6.45) is 13.6. The first kappa shape index (κ1) is 9.34. The van der Waals surface area contributed by atoms with E-state index in [2.05, 4.69) is 23.2 Å². The molecule has 0 aliphatic carbocycles. The predicted octanol–water partition coefficient (Wildman–Crippen LogP) is 2.43. The van der Waals surface area contributed by atoms with Gasteiger partial charge in [-0.3, -0.25) is 0 Å². The topological polar surface area (TPSA) is 24.7 Å². The van der Waals surface area contributed by atoms with E-state index in [-0.39, 0.29) is 0 Å². The molecule has 74 valence electrons. The average Bonchev–Trinajstić information content (AvgIpc) is 2.62. The number of rotatable bonds is 4. The summed E-state index contributed by atoms with van der Waals surface area (Å²) < 4.78 is 0.580. The Morgan fingerprint density at radius 3 is 3.07 bits per heavy atom. The number of quaternary nitrogens is 1. The van der Waals surface area contributed by atoms with Crippen LogP contribution in [-0.2, 0) is 0 Å². The molecule has 0 aromatic rings. The first-order valence-corrected chi connectivity index (χ1v) is 5.23. The normalized spacial score (nSPS) is 27.9. The number of hydrogen-bond donors (Lipinski definition) is 0. The van der Waals surface area contributed by atoms with Crippen LogP contribution < -0.4 is 0 Å². The minimum atomic E-state index is 0.580. The fourth-order valence-electron chi connectivity index (χ4n) is 1.81. The molecule has 0 bridgehead atoms. The fourth-order valence-corrected chi connectivity index (χ4v) is 1.81. The highest BCUT2D eigenvalue weighted by molar-refractivity contribution is 5.95. The molecule has 3 heteroatoms. The number of unbranched alkanes of at least 4 members (excludes halogenated alkanes) is 2. The largest absolute Gasteiger partial charge is 0.260 e. The minimum Gasteiger partial charge on any atom is -0.177 e. The van der Waals surface area contributed by atoms with Crippen molar-refractivity contribution in [1.82, 2.24) is 0 Å². The van der Waals surface area contributed by atoms with Crippen LogP contribution in [0.4, 0.5) is 0 Å². The lowest BCUT2D eigenvalue weighted by molar-refractivity contribution is -0.792. The lowest BCUT2D eigenvalue weighted by atomic mass is 10.2. The van der Waals surface area contributed by atoms with Crippen molar-refractivity contribution in [2.75, 3.05) is 6.54 Å². The minimum absolute atomic E-state index is 0.580. The van der Waals surface area contributed by atoms with E-state index < -0.39 is 0 Å². The molecule has 3 nitrogen and oxygen atoms in total. The zero-order valence-electron chi connectivity index (χ0n) is 8.56. The van der Waals surface area contributed by atoms with Gasteiger partial charge in [0.25, 0.3) is 5.84 Å². The molecule has 0 radical (unpaired) electrons. The molecule has 1 atom stereocenters. The van der Waals surface area contributed by atoms with E-state index in [1.54, 1.807) is 6.34 Å². The molecule has 0 spiro atoms. The van der Waals surface area contributed by atoms with Gasteiger partial charge in [-0.25, -0.2) is 0 Å². The van der Waals surface area contributed by atoms with Gasteiger partial charge in [0.15, 0.2) is 6.34 Å². The maximum atomic E-state index is 4.43. The van der Waals surface area contributed by atoms with Crippen LogP contribution in [0.15, 0.2) is 34.5 Å². The molecule has 2 aliphatic rings. The Labute approximate surface area is 84.7 Å². The van der Waals surface area contributed by atoms with Crippen LogP contribution in [0.1, 0.15) is 26.2 Å². The highest BCUT2D eigenvalue weighted by atomic mass is 15.7. The number of hydrogen-bond acceptors (Lipinski definition) is 2. The van der Waals surface area contributed by atoms with Crippen molar-refractivity contribution >= 4 is 12.2 Å². The van der Waals surface area contributed by atoms with Crippen LogP contribution in [0.3, 0.4) is 0 Å². The summed E-state index contributed by atoms with van der Waals surface area (Å²) in [6.45, 7) is 3.25. The van der Waals surface area contributed by atoms with Gasteiger partial charge in [0, 0.05) is 6.08 Å². The molecule has 0 aromatic heterocycles. The zero-order chi connectivity index (χ0) is 9.86. The van der Waals surface area contributed by atoms with Gasteiger partial charge in [-0.2, -0.15) is 4.99 Å². The summed E-state index contributed by atoms with van der Waals surface area (Å²) in [7, 11) is 0. The van der Waals surface area contributed by atoms with E-state index in [4.69, 9.17) is 0 Å². The highest BCUT2D eigenvalue weighted by Gasteiger charge is 2.34. The van der Waals surface area contributed by atoms with Crippen molar-refractivity contribution in [2.24, 2.45) is 10.1 Å². The van der Waals surface area contributed by atoms with E-state index in [0.29, 0.717) is 4.59 Å². The summed E-state index contributed by atoms with van der Waals surface area (Å²) in [5.74, 6) is 1.05. The number of aliphatic imine (C=N–C) groups is 1. The first-order valence-electron chi connectivity index (χ1n) is 5.23. The van der Waals surface area contributed by atoms with E-state index in [9.17, 15) is 0 Å². The Hall–Kier alpha value is -1.22. The standard InChI is InChI=1S/C11H16N3/c1-2-3-5-8-14-9-6-4-7-11(14)12-10-13-14/h4,6-7,9-10H,2-3,5,8H2,1H3/q+1. The van der Waals surface area contributed by atoms with Crippen LogP contribution in [0.25, 0.3) is 0 Å². The van der Waals surface area contributed by atoms with E-state index >= 15 is 0 Å². The molecule has 0 saturated heterocycles. The van der Waals surface area contributed by atoms with E-state index in [1.165, 1.54) is 19.3 Å². The molecule has 2 aliphatic heterocycles. The highest BCUT2D eigenvalue weighted by Crippen LogP contribution is 2.21. The average molecular weight is 190 g/mol. The Kier molecular flexibility index (Phi) is 2.59.